The van der Waals surface area contributed by atoms with E-state index < -0.39 is 0 Å². The molecule has 1 N–H and O–H groups in total. The summed E-state index contributed by atoms with van der Waals surface area (Å²) in [4.78, 5) is 15.6. The van der Waals surface area contributed by atoms with Gasteiger partial charge in [-0.3, -0.25) is 4.79 Å². The first-order valence-electron chi connectivity index (χ1n) is 5.19. The molecule has 0 spiro atoms. The predicted octanol–water partition coefficient (Wildman–Crippen LogP) is 3.54. The van der Waals surface area contributed by atoms with Crippen LogP contribution in [0.4, 0.5) is 0 Å². The lowest BCUT2D eigenvalue weighted by atomic mass is 10.1. The second-order valence-electron chi connectivity index (χ2n) is 4.07. The van der Waals surface area contributed by atoms with E-state index in [1.54, 1.807) is 0 Å². The molecule has 0 saturated heterocycles. The average molecular weight is 343 g/mol. The van der Waals surface area contributed by atoms with Gasteiger partial charge in [0, 0.05) is 25.6 Å². The van der Waals surface area contributed by atoms with E-state index in [0.29, 0.717) is 0 Å². The van der Waals surface area contributed by atoms with Crippen LogP contribution in [-0.2, 0) is 12.8 Å². The van der Waals surface area contributed by atoms with Crippen molar-refractivity contribution in [3.8, 4) is 0 Å². The summed E-state index contributed by atoms with van der Waals surface area (Å²) < 4.78 is 1.86. The van der Waals surface area contributed by atoms with Crippen LogP contribution in [0.3, 0.4) is 0 Å². The van der Waals surface area contributed by atoms with Gasteiger partial charge in [-0.2, -0.15) is 0 Å². The highest BCUT2D eigenvalue weighted by Gasteiger charge is 2.18. The lowest BCUT2D eigenvalue weighted by Crippen LogP contribution is -2.10. The number of aromatic amines is 1. The lowest BCUT2D eigenvalue weighted by Gasteiger charge is -2.06. The molecular formula is C12H9Br2NO. The van der Waals surface area contributed by atoms with Crippen molar-refractivity contribution in [2.75, 3.05) is 0 Å². The zero-order valence-electron chi connectivity index (χ0n) is 8.44. The van der Waals surface area contributed by atoms with E-state index in [2.05, 4.69) is 36.8 Å². The highest BCUT2D eigenvalue weighted by atomic mass is 79.9. The molecule has 1 aliphatic rings. The van der Waals surface area contributed by atoms with Gasteiger partial charge in [-0.25, -0.2) is 0 Å². The van der Waals surface area contributed by atoms with Crippen molar-refractivity contribution in [2.24, 2.45) is 0 Å². The Labute approximate surface area is 109 Å². The molecule has 4 heteroatoms. The normalized spacial score (nSPS) is 14.4. The second-order valence-corrected chi connectivity index (χ2v) is 5.84. The molecule has 1 aromatic heterocycles. The number of pyridine rings is 1. The van der Waals surface area contributed by atoms with Gasteiger partial charge in [-0.15, -0.1) is 0 Å². The van der Waals surface area contributed by atoms with Crippen LogP contribution in [0, 0.1) is 0 Å². The third kappa shape index (κ3) is 1.47. The van der Waals surface area contributed by atoms with Gasteiger partial charge in [0.1, 0.15) is 0 Å². The number of H-pyrrole nitrogens is 1. The van der Waals surface area contributed by atoms with Crippen molar-refractivity contribution in [1.29, 1.82) is 0 Å². The molecule has 0 saturated carbocycles. The number of aromatic nitrogens is 1. The third-order valence-electron chi connectivity index (χ3n) is 3.07. The van der Waals surface area contributed by atoms with Crippen molar-refractivity contribution in [3.05, 3.63) is 42.6 Å². The van der Waals surface area contributed by atoms with Gasteiger partial charge in [-0.05, 0) is 47.3 Å². The minimum Gasteiger partial charge on any atom is -0.357 e. The van der Waals surface area contributed by atoms with Crippen LogP contribution in [0.2, 0.25) is 0 Å². The molecule has 2 nitrogen and oxygen atoms in total. The highest BCUT2D eigenvalue weighted by molar-refractivity contribution is 9.11. The summed E-state index contributed by atoms with van der Waals surface area (Å²) >= 11 is 6.91. The number of nitrogens with one attached hydrogen (secondary N) is 1. The first-order chi connectivity index (χ1) is 7.66. The molecule has 0 aliphatic heterocycles. The number of fused-ring (bicyclic) bond motifs is 2. The Kier molecular flexibility index (Phi) is 2.44. The minimum atomic E-state index is 0.184. The molecule has 0 fully saturated rings. The Bertz CT molecular complexity index is 645. The van der Waals surface area contributed by atoms with E-state index >= 15 is 0 Å². The van der Waals surface area contributed by atoms with E-state index in [4.69, 9.17) is 0 Å². The molecule has 0 amide bonds. The topological polar surface area (TPSA) is 32.9 Å². The summed E-state index contributed by atoms with van der Waals surface area (Å²) in [6.45, 7) is 0. The molecular weight excluding hydrogens is 334 g/mol. The summed E-state index contributed by atoms with van der Waals surface area (Å²) in [6, 6.07) is 3.84. The Morgan fingerprint density at radius 2 is 2.00 bits per heavy atom. The Hall–Kier alpha value is -0.610. The van der Waals surface area contributed by atoms with Crippen LogP contribution in [-0.4, -0.2) is 4.98 Å². The van der Waals surface area contributed by atoms with Crippen LogP contribution in [0.5, 0.6) is 0 Å². The van der Waals surface area contributed by atoms with E-state index in [1.807, 2.05) is 12.1 Å². The molecule has 0 atom stereocenters. The number of rotatable bonds is 0. The van der Waals surface area contributed by atoms with Crippen molar-refractivity contribution in [2.45, 2.75) is 19.3 Å². The first-order valence-corrected chi connectivity index (χ1v) is 6.78. The van der Waals surface area contributed by atoms with Crippen molar-refractivity contribution in [3.63, 3.8) is 0 Å². The molecule has 0 radical (unpaired) electrons. The number of halogens is 2. The van der Waals surface area contributed by atoms with E-state index in [0.717, 1.165) is 50.4 Å². The van der Waals surface area contributed by atoms with Crippen molar-refractivity contribution < 1.29 is 0 Å². The molecule has 2 aromatic rings. The van der Waals surface area contributed by atoms with Crippen LogP contribution in [0.15, 0.2) is 25.9 Å². The maximum absolute atomic E-state index is 12.3. The van der Waals surface area contributed by atoms with E-state index in [-0.39, 0.29) is 5.43 Å². The molecule has 0 bridgehead atoms. The Morgan fingerprint density at radius 1 is 1.19 bits per heavy atom. The SMILES string of the molecule is O=c1c2c([nH]c3c(Br)cc(Br)cc13)CCC2. The lowest BCUT2D eigenvalue weighted by molar-refractivity contribution is 0.900. The zero-order chi connectivity index (χ0) is 11.3. The molecule has 16 heavy (non-hydrogen) atoms. The number of aryl methyl sites for hydroxylation is 1. The van der Waals surface area contributed by atoms with E-state index in [1.165, 1.54) is 0 Å². The summed E-state index contributed by atoms with van der Waals surface area (Å²) in [5.41, 5.74) is 3.18. The molecule has 3 rings (SSSR count). The van der Waals surface area contributed by atoms with Gasteiger partial charge in [0.15, 0.2) is 5.43 Å². The fourth-order valence-electron chi connectivity index (χ4n) is 2.33. The summed E-state index contributed by atoms with van der Waals surface area (Å²) in [5, 5.41) is 0.766. The first kappa shape index (κ1) is 10.5. The van der Waals surface area contributed by atoms with Crippen molar-refractivity contribution in [1.82, 2.24) is 4.98 Å². The fraction of sp³-hybridized carbons (Fsp3) is 0.250. The maximum atomic E-state index is 12.3. The largest absolute Gasteiger partial charge is 0.357 e. The van der Waals surface area contributed by atoms with Crippen LogP contribution < -0.4 is 5.43 Å². The smallest absolute Gasteiger partial charge is 0.192 e. The van der Waals surface area contributed by atoms with Gasteiger partial charge < -0.3 is 4.98 Å². The van der Waals surface area contributed by atoms with Gasteiger partial charge >= 0.3 is 0 Å². The highest BCUT2D eigenvalue weighted by Crippen LogP contribution is 2.28. The van der Waals surface area contributed by atoms with Gasteiger partial charge in [0.05, 0.1) is 5.52 Å². The van der Waals surface area contributed by atoms with Crippen LogP contribution >= 0.6 is 31.9 Å². The predicted molar refractivity (Wildman–Crippen MR) is 72.0 cm³/mol. The number of hydrogen-bond donors (Lipinski definition) is 1. The summed E-state index contributed by atoms with van der Waals surface area (Å²) in [7, 11) is 0. The zero-order valence-corrected chi connectivity index (χ0v) is 11.6. The van der Waals surface area contributed by atoms with Gasteiger partial charge in [0.2, 0.25) is 0 Å². The average Bonchev–Trinajstić information content (AvgIpc) is 2.68. The van der Waals surface area contributed by atoms with E-state index in [9.17, 15) is 4.79 Å². The Morgan fingerprint density at radius 3 is 2.81 bits per heavy atom. The Balaban J connectivity index is 2.51. The molecule has 1 aliphatic carbocycles. The summed E-state index contributed by atoms with van der Waals surface area (Å²) in [5.74, 6) is 0. The van der Waals surface area contributed by atoms with Crippen LogP contribution in [0.25, 0.3) is 10.9 Å². The maximum Gasteiger partial charge on any atom is 0.192 e. The third-order valence-corrected chi connectivity index (χ3v) is 4.15. The standard InChI is InChI=1S/C12H9Br2NO/c13-6-4-8-11(9(14)5-6)15-10-3-1-2-7(10)12(8)16/h4-5H,1-3H2,(H,15,16). The second kappa shape index (κ2) is 3.70. The fourth-order valence-corrected chi connectivity index (χ4v) is 3.65. The molecule has 0 unspecified atom stereocenters. The quantitative estimate of drug-likeness (QED) is 0.780. The number of hydrogen-bond acceptors (Lipinski definition) is 1. The minimum absolute atomic E-state index is 0.184. The monoisotopic (exact) mass is 341 g/mol. The summed E-state index contributed by atoms with van der Waals surface area (Å²) in [6.07, 6.45) is 2.98. The van der Waals surface area contributed by atoms with Crippen LogP contribution in [0.1, 0.15) is 17.7 Å². The van der Waals surface area contributed by atoms with Gasteiger partial charge in [-0.1, -0.05) is 15.9 Å². The molecule has 1 heterocycles. The molecule has 82 valence electrons. The van der Waals surface area contributed by atoms with Gasteiger partial charge in [0.25, 0.3) is 0 Å². The number of benzene rings is 1. The van der Waals surface area contributed by atoms with Crippen molar-refractivity contribution >= 4 is 42.8 Å². The molecule has 1 aromatic carbocycles.